The van der Waals surface area contributed by atoms with Crippen molar-refractivity contribution in [1.82, 2.24) is 0 Å². The minimum absolute atomic E-state index is 0.116. The predicted octanol–water partition coefficient (Wildman–Crippen LogP) is 3.62. The van der Waals surface area contributed by atoms with Gasteiger partial charge in [-0.15, -0.1) is 11.8 Å². The first kappa shape index (κ1) is 12.6. The van der Waals surface area contributed by atoms with Gasteiger partial charge in [0.05, 0.1) is 0 Å². The van der Waals surface area contributed by atoms with Gasteiger partial charge in [0.2, 0.25) is 0 Å². The van der Waals surface area contributed by atoms with Crippen LogP contribution in [0, 0.1) is 5.41 Å². The number of hydrogen-bond acceptors (Lipinski definition) is 2. The van der Waals surface area contributed by atoms with Gasteiger partial charge in [-0.05, 0) is 18.2 Å². The maximum Gasteiger partial charge on any atom is 0.123 e. The van der Waals surface area contributed by atoms with E-state index in [4.69, 9.17) is 11.1 Å². The van der Waals surface area contributed by atoms with E-state index in [2.05, 4.69) is 36.7 Å². The van der Waals surface area contributed by atoms with Crippen molar-refractivity contribution < 1.29 is 0 Å². The zero-order valence-electron chi connectivity index (χ0n) is 9.10. The Balaban J connectivity index is 3.13. The molecule has 15 heavy (non-hydrogen) atoms. The van der Waals surface area contributed by atoms with Crippen LogP contribution < -0.4 is 5.73 Å². The molecule has 2 nitrogen and oxygen atoms in total. The Morgan fingerprint density at radius 2 is 2.00 bits per heavy atom. The number of benzene rings is 1. The molecule has 0 radical (unpaired) electrons. The van der Waals surface area contributed by atoms with E-state index in [-0.39, 0.29) is 10.6 Å². The molecule has 0 spiro atoms. The summed E-state index contributed by atoms with van der Waals surface area (Å²) in [6.45, 7) is 6.42. The summed E-state index contributed by atoms with van der Waals surface area (Å²) in [5.41, 5.74) is 6.34. The Bertz CT molecular complexity index is 383. The standard InChI is InChI=1S/C11H15BrN2S/c1-11(2,3)15-9-6-7(12)4-5-8(9)10(13)14/h4-6H,1-3H3,(H3,13,14). The van der Waals surface area contributed by atoms with Gasteiger partial charge >= 0.3 is 0 Å². The molecular formula is C11H15BrN2S. The molecule has 0 aromatic heterocycles. The first-order valence-electron chi connectivity index (χ1n) is 4.62. The smallest absolute Gasteiger partial charge is 0.123 e. The topological polar surface area (TPSA) is 49.9 Å². The zero-order valence-corrected chi connectivity index (χ0v) is 11.5. The number of halogens is 1. The highest BCUT2D eigenvalue weighted by atomic mass is 79.9. The van der Waals surface area contributed by atoms with Crippen molar-refractivity contribution in [2.45, 2.75) is 30.4 Å². The predicted molar refractivity (Wildman–Crippen MR) is 70.8 cm³/mol. The van der Waals surface area contributed by atoms with Gasteiger partial charge in [0.15, 0.2) is 0 Å². The maximum absolute atomic E-state index is 7.50. The Kier molecular flexibility index (Phi) is 3.84. The van der Waals surface area contributed by atoms with Gasteiger partial charge in [-0.3, -0.25) is 5.41 Å². The maximum atomic E-state index is 7.50. The zero-order chi connectivity index (χ0) is 11.6. The number of hydrogen-bond donors (Lipinski definition) is 2. The lowest BCUT2D eigenvalue weighted by Gasteiger charge is -2.19. The van der Waals surface area contributed by atoms with Gasteiger partial charge in [-0.2, -0.15) is 0 Å². The summed E-state index contributed by atoms with van der Waals surface area (Å²) in [6.07, 6.45) is 0. The van der Waals surface area contributed by atoms with Crippen LogP contribution in [0.5, 0.6) is 0 Å². The van der Waals surface area contributed by atoms with Crippen molar-refractivity contribution in [3.63, 3.8) is 0 Å². The molecule has 0 amide bonds. The summed E-state index contributed by atoms with van der Waals surface area (Å²) < 4.78 is 1.13. The van der Waals surface area contributed by atoms with Crippen molar-refractivity contribution in [3.8, 4) is 0 Å². The van der Waals surface area contributed by atoms with E-state index in [1.807, 2.05) is 18.2 Å². The molecule has 0 aliphatic carbocycles. The molecule has 0 bridgehead atoms. The molecule has 0 unspecified atom stereocenters. The van der Waals surface area contributed by atoms with Crippen LogP contribution in [0.15, 0.2) is 27.6 Å². The fourth-order valence-corrected chi connectivity index (χ4v) is 2.78. The molecule has 1 aromatic carbocycles. The second kappa shape index (κ2) is 4.58. The fraction of sp³-hybridized carbons (Fsp3) is 0.364. The van der Waals surface area contributed by atoms with E-state index in [1.54, 1.807) is 11.8 Å². The lowest BCUT2D eigenvalue weighted by Crippen LogP contribution is -2.14. The molecule has 0 aliphatic heterocycles. The van der Waals surface area contributed by atoms with Crippen LogP contribution >= 0.6 is 27.7 Å². The summed E-state index contributed by atoms with van der Waals surface area (Å²) in [6, 6.07) is 5.79. The number of nitrogens with one attached hydrogen (secondary N) is 1. The number of nitrogens with two attached hydrogens (primary N) is 1. The van der Waals surface area contributed by atoms with E-state index < -0.39 is 0 Å². The molecule has 82 valence electrons. The van der Waals surface area contributed by atoms with Crippen molar-refractivity contribution in [1.29, 1.82) is 5.41 Å². The average molecular weight is 287 g/mol. The minimum atomic E-state index is 0.116. The van der Waals surface area contributed by atoms with Crippen molar-refractivity contribution in [2.24, 2.45) is 5.73 Å². The molecule has 0 fully saturated rings. The number of amidine groups is 1. The fourth-order valence-electron chi connectivity index (χ4n) is 1.13. The Morgan fingerprint density at radius 3 is 2.47 bits per heavy atom. The van der Waals surface area contributed by atoms with Gasteiger partial charge in [-0.1, -0.05) is 36.7 Å². The normalized spacial score (nSPS) is 11.5. The summed E-state index contributed by atoms with van der Waals surface area (Å²) in [7, 11) is 0. The first-order chi connectivity index (χ1) is 6.79. The second-order valence-corrected chi connectivity index (χ2v) is 7.05. The van der Waals surface area contributed by atoms with Gasteiger partial charge in [0.25, 0.3) is 0 Å². The molecule has 0 saturated heterocycles. The Labute approximate surface area is 103 Å². The van der Waals surface area contributed by atoms with Crippen LogP contribution in [0.1, 0.15) is 26.3 Å². The van der Waals surface area contributed by atoms with Crippen LogP contribution in [0.2, 0.25) is 0 Å². The van der Waals surface area contributed by atoms with E-state index in [1.165, 1.54) is 0 Å². The molecule has 1 rings (SSSR count). The Hall–Kier alpha value is -0.480. The van der Waals surface area contributed by atoms with Crippen LogP contribution in [0.4, 0.5) is 0 Å². The Morgan fingerprint density at radius 1 is 1.40 bits per heavy atom. The van der Waals surface area contributed by atoms with Crippen LogP contribution in [-0.2, 0) is 0 Å². The SMILES string of the molecule is CC(C)(C)Sc1cc(Br)ccc1C(=N)N. The van der Waals surface area contributed by atoms with Gasteiger partial charge in [-0.25, -0.2) is 0 Å². The molecular weight excluding hydrogens is 272 g/mol. The third-order valence-electron chi connectivity index (χ3n) is 1.65. The largest absolute Gasteiger partial charge is 0.384 e. The van der Waals surface area contributed by atoms with Crippen molar-refractivity contribution in [3.05, 3.63) is 28.2 Å². The van der Waals surface area contributed by atoms with Crippen LogP contribution in [-0.4, -0.2) is 10.6 Å². The van der Waals surface area contributed by atoms with E-state index in [0.717, 1.165) is 14.9 Å². The van der Waals surface area contributed by atoms with E-state index in [0.29, 0.717) is 0 Å². The van der Waals surface area contributed by atoms with E-state index >= 15 is 0 Å². The quantitative estimate of drug-likeness (QED) is 0.496. The van der Waals surface area contributed by atoms with Gasteiger partial charge in [0.1, 0.15) is 5.84 Å². The minimum Gasteiger partial charge on any atom is -0.384 e. The monoisotopic (exact) mass is 286 g/mol. The second-order valence-electron chi connectivity index (χ2n) is 4.27. The summed E-state index contributed by atoms with van der Waals surface area (Å²) >= 11 is 5.15. The molecule has 3 N–H and O–H groups in total. The molecule has 0 atom stereocenters. The van der Waals surface area contributed by atoms with Gasteiger partial charge in [0, 0.05) is 19.7 Å². The van der Waals surface area contributed by atoms with Crippen LogP contribution in [0.25, 0.3) is 0 Å². The highest BCUT2D eigenvalue weighted by molar-refractivity contribution is 9.10. The third kappa shape index (κ3) is 3.87. The summed E-state index contributed by atoms with van der Waals surface area (Å²) in [5.74, 6) is 0.120. The molecule has 0 aliphatic rings. The van der Waals surface area contributed by atoms with Crippen molar-refractivity contribution in [2.75, 3.05) is 0 Å². The third-order valence-corrected chi connectivity index (χ3v) is 3.31. The molecule has 1 aromatic rings. The molecule has 4 heteroatoms. The summed E-state index contributed by atoms with van der Waals surface area (Å²) in [4.78, 5) is 1.05. The summed E-state index contributed by atoms with van der Waals surface area (Å²) in [5, 5.41) is 7.50. The lowest BCUT2D eigenvalue weighted by atomic mass is 10.2. The van der Waals surface area contributed by atoms with Gasteiger partial charge < -0.3 is 5.73 Å². The highest BCUT2D eigenvalue weighted by Gasteiger charge is 2.16. The number of rotatable bonds is 2. The first-order valence-corrected chi connectivity index (χ1v) is 6.23. The van der Waals surface area contributed by atoms with E-state index in [9.17, 15) is 0 Å². The molecule has 0 saturated carbocycles. The van der Waals surface area contributed by atoms with Crippen molar-refractivity contribution >= 4 is 33.5 Å². The average Bonchev–Trinajstić information content (AvgIpc) is 1.99. The number of thioether (sulfide) groups is 1. The number of nitrogen functional groups attached to an aromatic ring is 1. The lowest BCUT2D eigenvalue weighted by molar-refractivity contribution is 0.802. The highest BCUT2D eigenvalue weighted by Crippen LogP contribution is 2.35. The van der Waals surface area contributed by atoms with Crippen LogP contribution in [0.3, 0.4) is 0 Å². The molecule has 0 heterocycles.